The third-order valence-electron chi connectivity index (χ3n) is 1.50. The summed E-state index contributed by atoms with van der Waals surface area (Å²) < 4.78 is 17.5. The first-order valence-electron chi connectivity index (χ1n) is 3.47. The summed E-state index contributed by atoms with van der Waals surface area (Å²) in [5.74, 6) is -0.220. The topological polar surface area (TPSA) is 41.5 Å². The third-order valence-corrected chi connectivity index (χ3v) is 1.50. The van der Waals surface area contributed by atoms with Crippen LogP contribution in [0.3, 0.4) is 0 Å². The maximum atomic E-state index is 12.8. The van der Waals surface area contributed by atoms with E-state index in [9.17, 15) is 4.39 Å². The zero-order valence-electron chi connectivity index (χ0n) is 6.67. The number of ether oxygens (including phenoxy) is 1. The fraction of sp³-hybridized carbons (Fsp3) is 0.250. The Bertz CT molecular complexity index is 265. The van der Waals surface area contributed by atoms with Crippen molar-refractivity contribution in [1.29, 1.82) is 0 Å². The van der Waals surface area contributed by atoms with E-state index >= 15 is 0 Å². The van der Waals surface area contributed by atoms with Gasteiger partial charge >= 0.3 is 0 Å². The van der Waals surface area contributed by atoms with Gasteiger partial charge in [0, 0.05) is 6.54 Å². The fourth-order valence-electron chi connectivity index (χ4n) is 0.905. The molecule has 12 heavy (non-hydrogen) atoms. The molecule has 0 aliphatic carbocycles. The van der Waals surface area contributed by atoms with Gasteiger partial charge in [0.15, 0.2) is 11.6 Å². The Kier molecular flexibility index (Phi) is 3.01. The molecular formula is C8H10FNO2. The van der Waals surface area contributed by atoms with E-state index in [-0.39, 0.29) is 12.3 Å². The molecule has 0 atom stereocenters. The monoisotopic (exact) mass is 171 g/mol. The number of methoxy groups -OCH3 is 1. The summed E-state index contributed by atoms with van der Waals surface area (Å²) in [4.78, 5) is 0. The van der Waals surface area contributed by atoms with Crippen LogP contribution in [0.1, 0.15) is 5.56 Å². The van der Waals surface area contributed by atoms with Crippen molar-refractivity contribution in [2.45, 2.75) is 6.54 Å². The van der Waals surface area contributed by atoms with Crippen LogP contribution in [0.4, 0.5) is 4.39 Å². The molecule has 0 aliphatic rings. The molecule has 2 N–H and O–H groups in total. The first kappa shape index (κ1) is 8.96. The minimum atomic E-state index is -0.404. The molecule has 0 unspecified atom stereocenters. The molecule has 1 aromatic rings. The molecule has 0 saturated heterocycles. The van der Waals surface area contributed by atoms with E-state index in [1.54, 1.807) is 6.07 Å². The molecule has 0 amide bonds. The van der Waals surface area contributed by atoms with Crippen molar-refractivity contribution in [3.05, 3.63) is 29.6 Å². The normalized spacial score (nSPS) is 9.92. The third kappa shape index (κ3) is 1.93. The highest BCUT2D eigenvalue weighted by Gasteiger charge is 2.02. The predicted octanol–water partition coefficient (Wildman–Crippen LogP) is 1.31. The SMILES string of the molecule is COc1cc(CNO)ccc1F. The van der Waals surface area contributed by atoms with Gasteiger partial charge in [-0.2, -0.15) is 0 Å². The Morgan fingerprint density at radius 3 is 2.92 bits per heavy atom. The molecule has 3 nitrogen and oxygen atoms in total. The molecule has 0 bridgehead atoms. The highest BCUT2D eigenvalue weighted by Crippen LogP contribution is 2.17. The van der Waals surface area contributed by atoms with Crippen molar-refractivity contribution in [3.8, 4) is 5.75 Å². The lowest BCUT2D eigenvalue weighted by Gasteiger charge is -2.04. The van der Waals surface area contributed by atoms with Crippen LogP contribution >= 0.6 is 0 Å². The number of nitrogens with one attached hydrogen (secondary N) is 1. The second-order valence-corrected chi connectivity index (χ2v) is 2.30. The average Bonchev–Trinajstić information content (AvgIpc) is 2.09. The number of halogens is 1. The first-order chi connectivity index (χ1) is 5.77. The number of rotatable bonds is 3. The summed E-state index contributed by atoms with van der Waals surface area (Å²) in [6.45, 7) is 0.274. The van der Waals surface area contributed by atoms with E-state index < -0.39 is 5.82 Å². The zero-order chi connectivity index (χ0) is 8.97. The molecule has 0 heterocycles. The van der Waals surface area contributed by atoms with Crippen LogP contribution in [-0.2, 0) is 6.54 Å². The van der Waals surface area contributed by atoms with Gasteiger partial charge < -0.3 is 9.94 Å². The fourth-order valence-corrected chi connectivity index (χ4v) is 0.905. The molecule has 4 heteroatoms. The van der Waals surface area contributed by atoms with Crippen LogP contribution in [0.2, 0.25) is 0 Å². The Morgan fingerprint density at radius 2 is 2.33 bits per heavy atom. The molecule has 1 rings (SSSR count). The molecule has 0 saturated carbocycles. The Balaban J connectivity index is 2.89. The molecule has 0 fully saturated rings. The number of hydrogen-bond donors (Lipinski definition) is 2. The second-order valence-electron chi connectivity index (χ2n) is 2.30. The van der Waals surface area contributed by atoms with Gasteiger partial charge in [0.25, 0.3) is 0 Å². The molecular weight excluding hydrogens is 161 g/mol. The van der Waals surface area contributed by atoms with Crippen molar-refractivity contribution in [1.82, 2.24) is 5.48 Å². The van der Waals surface area contributed by atoms with Crippen LogP contribution < -0.4 is 10.2 Å². The van der Waals surface area contributed by atoms with Gasteiger partial charge in [0.05, 0.1) is 7.11 Å². The summed E-state index contributed by atoms with van der Waals surface area (Å²) in [6.07, 6.45) is 0. The van der Waals surface area contributed by atoms with E-state index in [4.69, 9.17) is 9.94 Å². The Morgan fingerprint density at radius 1 is 1.58 bits per heavy atom. The minimum absolute atomic E-state index is 0.183. The lowest BCUT2D eigenvalue weighted by atomic mass is 10.2. The van der Waals surface area contributed by atoms with E-state index in [1.807, 2.05) is 5.48 Å². The molecule has 0 spiro atoms. The summed E-state index contributed by atoms with van der Waals surface area (Å²) in [5.41, 5.74) is 2.74. The molecule has 0 radical (unpaired) electrons. The lowest BCUT2D eigenvalue weighted by molar-refractivity contribution is 0.161. The Hall–Kier alpha value is -1.13. The number of hydroxylamine groups is 1. The molecule has 0 aliphatic heterocycles. The summed E-state index contributed by atoms with van der Waals surface area (Å²) >= 11 is 0. The second kappa shape index (κ2) is 4.04. The number of hydrogen-bond acceptors (Lipinski definition) is 3. The quantitative estimate of drug-likeness (QED) is 0.674. The van der Waals surface area contributed by atoms with Gasteiger partial charge in [-0.05, 0) is 17.7 Å². The highest BCUT2D eigenvalue weighted by molar-refractivity contribution is 5.29. The summed E-state index contributed by atoms with van der Waals surface area (Å²) in [6, 6.07) is 4.39. The van der Waals surface area contributed by atoms with E-state index in [2.05, 4.69) is 0 Å². The van der Waals surface area contributed by atoms with Crippen LogP contribution in [-0.4, -0.2) is 12.3 Å². The van der Waals surface area contributed by atoms with Crippen molar-refractivity contribution < 1.29 is 14.3 Å². The van der Waals surface area contributed by atoms with Gasteiger partial charge in [0.1, 0.15) is 0 Å². The van der Waals surface area contributed by atoms with Crippen molar-refractivity contribution in [2.24, 2.45) is 0 Å². The van der Waals surface area contributed by atoms with Crippen molar-refractivity contribution >= 4 is 0 Å². The van der Waals surface area contributed by atoms with Gasteiger partial charge in [-0.1, -0.05) is 6.07 Å². The van der Waals surface area contributed by atoms with Gasteiger partial charge in [-0.3, -0.25) is 0 Å². The largest absolute Gasteiger partial charge is 0.494 e. The van der Waals surface area contributed by atoms with Crippen LogP contribution in [0, 0.1) is 5.82 Å². The van der Waals surface area contributed by atoms with E-state index in [0.29, 0.717) is 0 Å². The maximum absolute atomic E-state index is 12.8. The highest BCUT2D eigenvalue weighted by atomic mass is 19.1. The number of benzene rings is 1. The van der Waals surface area contributed by atoms with Crippen LogP contribution in [0.5, 0.6) is 5.75 Å². The van der Waals surface area contributed by atoms with Gasteiger partial charge in [0.2, 0.25) is 0 Å². The standard InChI is InChI=1S/C8H10FNO2/c1-12-8-4-6(5-10-11)2-3-7(8)9/h2-4,10-11H,5H2,1H3. The Labute approximate surface area is 69.7 Å². The minimum Gasteiger partial charge on any atom is -0.494 e. The van der Waals surface area contributed by atoms with Crippen molar-refractivity contribution in [3.63, 3.8) is 0 Å². The van der Waals surface area contributed by atoms with Crippen LogP contribution in [0.25, 0.3) is 0 Å². The zero-order valence-corrected chi connectivity index (χ0v) is 6.67. The molecule has 0 aromatic heterocycles. The van der Waals surface area contributed by atoms with Gasteiger partial charge in [-0.25, -0.2) is 9.87 Å². The van der Waals surface area contributed by atoms with E-state index in [0.717, 1.165) is 5.56 Å². The van der Waals surface area contributed by atoms with Crippen molar-refractivity contribution in [2.75, 3.05) is 7.11 Å². The first-order valence-corrected chi connectivity index (χ1v) is 3.47. The molecule has 1 aromatic carbocycles. The van der Waals surface area contributed by atoms with E-state index in [1.165, 1.54) is 19.2 Å². The maximum Gasteiger partial charge on any atom is 0.165 e. The van der Waals surface area contributed by atoms with Gasteiger partial charge in [-0.15, -0.1) is 0 Å². The smallest absolute Gasteiger partial charge is 0.165 e. The summed E-state index contributed by atoms with van der Waals surface area (Å²) in [7, 11) is 1.40. The lowest BCUT2D eigenvalue weighted by Crippen LogP contribution is -2.06. The van der Waals surface area contributed by atoms with Crippen LogP contribution in [0.15, 0.2) is 18.2 Å². The molecule has 66 valence electrons. The summed E-state index contributed by atoms with van der Waals surface area (Å²) in [5, 5.41) is 8.37. The average molecular weight is 171 g/mol. The predicted molar refractivity (Wildman–Crippen MR) is 41.6 cm³/mol.